The van der Waals surface area contributed by atoms with Gasteiger partial charge >= 0.3 is 0 Å². The SMILES string of the molecule is N[C@H]1C(=O)Nc2ccccc2S[C@H]1c1cccs1. The third kappa shape index (κ3) is 2.05. The summed E-state index contributed by atoms with van der Waals surface area (Å²) < 4.78 is 0. The van der Waals surface area contributed by atoms with Crippen molar-refractivity contribution >= 4 is 34.7 Å². The fourth-order valence-corrected chi connectivity index (χ4v) is 4.13. The average molecular weight is 276 g/mol. The van der Waals surface area contributed by atoms with E-state index in [2.05, 4.69) is 5.32 Å². The van der Waals surface area contributed by atoms with Crippen molar-refractivity contribution in [1.29, 1.82) is 0 Å². The minimum Gasteiger partial charge on any atom is -0.324 e. The van der Waals surface area contributed by atoms with Crippen molar-refractivity contribution in [2.45, 2.75) is 16.2 Å². The van der Waals surface area contributed by atoms with Crippen LogP contribution in [0.5, 0.6) is 0 Å². The first-order valence-electron chi connectivity index (χ1n) is 5.61. The molecule has 2 aromatic rings. The first-order valence-corrected chi connectivity index (χ1v) is 7.37. The van der Waals surface area contributed by atoms with Crippen LogP contribution in [0.15, 0.2) is 46.7 Å². The van der Waals surface area contributed by atoms with E-state index in [0.29, 0.717) is 0 Å². The summed E-state index contributed by atoms with van der Waals surface area (Å²) in [5, 5.41) is 4.88. The van der Waals surface area contributed by atoms with Crippen LogP contribution in [-0.2, 0) is 4.79 Å². The zero-order valence-electron chi connectivity index (χ0n) is 9.50. The molecule has 3 N–H and O–H groups in total. The van der Waals surface area contributed by atoms with E-state index in [1.165, 1.54) is 0 Å². The number of nitrogens with two attached hydrogens (primary N) is 1. The van der Waals surface area contributed by atoms with Gasteiger partial charge in [-0.25, -0.2) is 0 Å². The van der Waals surface area contributed by atoms with Crippen LogP contribution in [0.3, 0.4) is 0 Å². The fraction of sp³-hybridized carbons (Fsp3) is 0.154. The highest BCUT2D eigenvalue weighted by atomic mass is 32.2. The number of nitrogens with one attached hydrogen (secondary N) is 1. The maximum atomic E-state index is 12.0. The number of anilines is 1. The molecule has 0 fully saturated rings. The van der Waals surface area contributed by atoms with Crippen LogP contribution >= 0.6 is 23.1 Å². The third-order valence-electron chi connectivity index (χ3n) is 2.85. The summed E-state index contributed by atoms with van der Waals surface area (Å²) in [6.45, 7) is 0. The molecule has 3 nitrogen and oxygen atoms in total. The van der Waals surface area contributed by atoms with Gasteiger partial charge in [-0.3, -0.25) is 4.79 Å². The topological polar surface area (TPSA) is 55.1 Å². The summed E-state index contributed by atoms with van der Waals surface area (Å²) in [5.74, 6) is -0.120. The van der Waals surface area contributed by atoms with Crippen molar-refractivity contribution in [1.82, 2.24) is 0 Å². The average Bonchev–Trinajstić information content (AvgIpc) is 2.86. The molecule has 1 amide bonds. The van der Waals surface area contributed by atoms with Crippen molar-refractivity contribution in [3.63, 3.8) is 0 Å². The number of hydrogen-bond donors (Lipinski definition) is 2. The van der Waals surface area contributed by atoms with Gasteiger partial charge in [-0.15, -0.1) is 23.1 Å². The Balaban J connectivity index is 2.03. The second kappa shape index (κ2) is 4.76. The maximum Gasteiger partial charge on any atom is 0.242 e. The molecule has 0 saturated heterocycles. The van der Waals surface area contributed by atoms with E-state index < -0.39 is 6.04 Å². The van der Waals surface area contributed by atoms with Gasteiger partial charge in [-0.05, 0) is 23.6 Å². The van der Waals surface area contributed by atoms with Crippen molar-refractivity contribution in [3.05, 3.63) is 46.7 Å². The Morgan fingerprint density at radius 1 is 1.17 bits per heavy atom. The van der Waals surface area contributed by atoms with Gasteiger partial charge in [0.25, 0.3) is 0 Å². The summed E-state index contributed by atoms with van der Waals surface area (Å²) in [6.07, 6.45) is 0. The van der Waals surface area contributed by atoms with Crippen LogP contribution in [0.1, 0.15) is 10.1 Å². The summed E-state index contributed by atoms with van der Waals surface area (Å²) in [5.41, 5.74) is 6.92. The molecule has 2 heterocycles. The van der Waals surface area contributed by atoms with Gasteiger partial charge < -0.3 is 11.1 Å². The Bertz CT molecular complexity index is 568. The van der Waals surface area contributed by atoms with E-state index in [0.717, 1.165) is 15.5 Å². The lowest BCUT2D eigenvalue weighted by molar-refractivity contribution is -0.117. The van der Waals surface area contributed by atoms with E-state index in [1.54, 1.807) is 23.1 Å². The smallest absolute Gasteiger partial charge is 0.242 e. The Morgan fingerprint density at radius 2 is 2.00 bits per heavy atom. The number of fused-ring (bicyclic) bond motifs is 1. The van der Waals surface area contributed by atoms with Crippen LogP contribution in [0, 0.1) is 0 Å². The van der Waals surface area contributed by atoms with E-state index in [9.17, 15) is 4.79 Å². The number of para-hydroxylation sites is 1. The molecule has 92 valence electrons. The molecule has 0 radical (unpaired) electrons. The highest BCUT2D eigenvalue weighted by Gasteiger charge is 2.31. The predicted molar refractivity (Wildman–Crippen MR) is 76.0 cm³/mol. The largest absolute Gasteiger partial charge is 0.324 e. The minimum atomic E-state index is -0.527. The van der Waals surface area contributed by atoms with Crippen LogP contribution < -0.4 is 11.1 Å². The number of carbonyl (C=O) groups excluding carboxylic acids is 1. The van der Waals surface area contributed by atoms with Gasteiger partial charge in [0.1, 0.15) is 6.04 Å². The highest BCUT2D eigenvalue weighted by Crippen LogP contribution is 2.44. The number of benzene rings is 1. The van der Waals surface area contributed by atoms with E-state index in [-0.39, 0.29) is 11.2 Å². The Morgan fingerprint density at radius 3 is 2.78 bits per heavy atom. The van der Waals surface area contributed by atoms with Gasteiger partial charge in [0.15, 0.2) is 0 Å². The summed E-state index contributed by atoms with van der Waals surface area (Å²) in [4.78, 5) is 14.2. The molecule has 1 aromatic carbocycles. The molecule has 0 bridgehead atoms. The zero-order valence-corrected chi connectivity index (χ0v) is 11.1. The quantitative estimate of drug-likeness (QED) is 0.842. The van der Waals surface area contributed by atoms with Crippen molar-refractivity contribution in [2.75, 3.05) is 5.32 Å². The summed E-state index contributed by atoms with van der Waals surface area (Å²) in [7, 11) is 0. The monoisotopic (exact) mass is 276 g/mol. The lowest BCUT2D eigenvalue weighted by Crippen LogP contribution is -2.38. The molecular formula is C13H12N2OS2. The van der Waals surface area contributed by atoms with E-state index >= 15 is 0 Å². The first kappa shape index (κ1) is 11.8. The van der Waals surface area contributed by atoms with Gasteiger partial charge in [0.05, 0.1) is 10.9 Å². The lowest BCUT2D eigenvalue weighted by Gasteiger charge is -2.17. The lowest BCUT2D eigenvalue weighted by atomic mass is 10.1. The number of amides is 1. The van der Waals surface area contributed by atoms with Gasteiger partial charge in [0, 0.05) is 9.77 Å². The van der Waals surface area contributed by atoms with Crippen LogP contribution in [0.25, 0.3) is 0 Å². The zero-order chi connectivity index (χ0) is 12.5. The standard InChI is InChI=1S/C13H12N2OS2/c14-11-12(10-6-3-7-17-10)18-9-5-2-1-4-8(9)15-13(11)16/h1-7,11-12H,14H2,(H,15,16)/t11-,12+/m1/s1. The molecule has 18 heavy (non-hydrogen) atoms. The maximum absolute atomic E-state index is 12.0. The van der Waals surface area contributed by atoms with Gasteiger partial charge in [-0.2, -0.15) is 0 Å². The molecule has 2 atom stereocenters. The Hall–Kier alpha value is -1.30. The number of rotatable bonds is 1. The number of thiophene rings is 1. The predicted octanol–water partition coefficient (Wildman–Crippen LogP) is 2.86. The molecule has 3 rings (SSSR count). The molecule has 0 aliphatic carbocycles. The van der Waals surface area contributed by atoms with Crippen LogP contribution in [0.2, 0.25) is 0 Å². The second-order valence-corrected chi connectivity index (χ2v) is 6.23. The highest BCUT2D eigenvalue weighted by molar-refractivity contribution is 8.00. The van der Waals surface area contributed by atoms with Crippen LogP contribution in [0.4, 0.5) is 5.69 Å². The molecule has 1 aromatic heterocycles. The van der Waals surface area contributed by atoms with Gasteiger partial charge in [0.2, 0.25) is 5.91 Å². The number of hydrogen-bond acceptors (Lipinski definition) is 4. The molecule has 5 heteroatoms. The first-order chi connectivity index (χ1) is 8.75. The third-order valence-corrected chi connectivity index (χ3v) is 5.37. The van der Waals surface area contributed by atoms with Crippen LogP contribution in [-0.4, -0.2) is 11.9 Å². The number of thioether (sulfide) groups is 1. The Kier molecular flexibility index (Phi) is 3.11. The molecule has 1 aliphatic rings. The van der Waals surface area contributed by atoms with Crippen molar-refractivity contribution in [3.8, 4) is 0 Å². The summed E-state index contributed by atoms with van der Waals surface area (Å²) >= 11 is 3.29. The summed E-state index contributed by atoms with van der Waals surface area (Å²) in [6, 6.07) is 11.3. The van der Waals surface area contributed by atoms with E-state index in [4.69, 9.17) is 5.73 Å². The Labute approximate surface area is 113 Å². The molecule has 0 saturated carbocycles. The normalized spacial score (nSPS) is 23.1. The van der Waals surface area contributed by atoms with E-state index in [1.807, 2.05) is 41.8 Å². The van der Waals surface area contributed by atoms with Crippen molar-refractivity contribution < 1.29 is 4.79 Å². The molecule has 0 spiro atoms. The molecule has 1 aliphatic heterocycles. The molecular weight excluding hydrogens is 264 g/mol. The second-order valence-electron chi connectivity index (χ2n) is 4.07. The van der Waals surface area contributed by atoms with Crippen molar-refractivity contribution in [2.24, 2.45) is 5.73 Å². The minimum absolute atomic E-state index is 0.0198. The molecule has 0 unspecified atom stereocenters. The van der Waals surface area contributed by atoms with Gasteiger partial charge in [-0.1, -0.05) is 18.2 Å². The number of carbonyl (C=O) groups is 1. The fourth-order valence-electron chi connectivity index (χ4n) is 1.92.